The van der Waals surface area contributed by atoms with Crippen molar-refractivity contribution in [3.63, 3.8) is 0 Å². The minimum absolute atomic E-state index is 0.640. The number of hydrogen-bond donors (Lipinski definition) is 3. The van der Waals surface area contributed by atoms with Gasteiger partial charge in [0.05, 0.1) is 5.70 Å². The average Bonchev–Trinajstić information content (AvgIpc) is 2.05. The summed E-state index contributed by atoms with van der Waals surface area (Å²) in [7, 11) is 0. The first kappa shape index (κ1) is 8.62. The lowest BCUT2D eigenvalue weighted by molar-refractivity contribution is 0.967. The van der Waals surface area contributed by atoms with Crippen LogP contribution >= 0.6 is 0 Å². The Balaban J connectivity index is 2.95. The monoisotopic (exact) mass is 163 g/mol. The van der Waals surface area contributed by atoms with Crippen LogP contribution in [-0.2, 0) is 0 Å². The van der Waals surface area contributed by atoms with Gasteiger partial charge in [-0.15, -0.1) is 0 Å². The molecule has 0 saturated heterocycles. The van der Waals surface area contributed by atoms with Crippen LogP contribution in [0, 0.1) is 6.92 Å². The standard InChI is InChI=1S/C9H13N3/c1-7-3-2-4-8(5-7)9(10)6-12-11/h2-6,12H,10-11H2,1H3/b9-6-. The molecule has 3 nitrogen and oxygen atoms in total. The average molecular weight is 163 g/mol. The van der Waals surface area contributed by atoms with Gasteiger partial charge in [0.1, 0.15) is 0 Å². The fourth-order valence-corrected chi connectivity index (χ4v) is 0.998. The molecule has 5 N–H and O–H groups in total. The molecule has 1 rings (SSSR count). The van der Waals surface area contributed by atoms with Crippen LogP contribution in [-0.4, -0.2) is 0 Å². The van der Waals surface area contributed by atoms with Gasteiger partial charge in [0, 0.05) is 6.20 Å². The Labute approximate surface area is 72.0 Å². The molecule has 0 bridgehead atoms. The van der Waals surface area contributed by atoms with Gasteiger partial charge in [0.15, 0.2) is 0 Å². The van der Waals surface area contributed by atoms with Gasteiger partial charge in [-0.25, -0.2) is 0 Å². The number of benzene rings is 1. The van der Waals surface area contributed by atoms with Gasteiger partial charge in [-0.1, -0.05) is 23.8 Å². The molecule has 1 aromatic carbocycles. The molecule has 12 heavy (non-hydrogen) atoms. The van der Waals surface area contributed by atoms with Crippen molar-refractivity contribution in [2.45, 2.75) is 6.92 Å². The highest BCUT2D eigenvalue weighted by Gasteiger charge is 1.94. The summed E-state index contributed by atoms with van der Waals surface area (Å²) in [4.78, 5) is 0. The Hall–Kier alpha value is -1.48. The number of nitrogens with one attached hydrogen (secondary N) is 1. The van der Waals surface area contributed by atoms with Crippen molar-refractivity contribution in [3.8, 4) is 0 Å². The van der Waals surface area contributed by atoms with Crippen LogP contribution in [0.25, 0.3) is 5.70 Å². The minimum Gasteiger partial charge on any atom is -0.397 e. The molecular weight excluding hydrogens is 150 g/mol. The number of hydrogen-bond acceptors (Lipinski definition) is 3. The highest BCUT2D eigenvalue weighted by atomic mass is 15.2. The van der Waals surface area contributed by atoms with E-state index in [2.05, 4.69) is 5.43 Å². The number of hydrazine groups is 1. The van der Waals surface area contributed by atoms with E-state index in [1.54, 1.807) is 6.20 Å². The van der Waals surface area contributed by atoms with Crippen molar-refractivity contribution in [1.82, 2.24) is 5.43 Å². The van der Waals surface area contributed by atoms with Crippen molar-refractivity contribution in [3.05, 3.63) is 41.6 Å². The lowest BCUT2D eigenvalue weighted by Crippen LogP contribution is -2.16. The molecule has 0 spiro atoms. The summed E-state index contributed by atoms with van der Waals surface area (Å²) in [5.41, 5.74) is 10.9. The summed E-state index contributed by atoms with van der Waals surface area (Å²) in [5.74, 6) is 5.10. The molecule has 0 aliphatic heterocycles. The zero-order valence-corrected chi connectivity index (χ0v) is 7.04. The molecule has 1 aromatic rings. The van der Waals surface area contributed by atoms with Gasteiger partial charge in [-0.3, -0.25) is 5.84 Å². The Bertz CT molecular complexity index is 292. The third kappa shape index (κ3) is 2.00. The van der Waals surface area contributed by atoms with E-state index < -0.39 is 0 Å². The Morgan fingerprint density at radius 2 is 2.25 bits per heavy atom. The lowest BCUT2D eigenvalue weighted by Gasteiger charge is -2.01. The summed E-state index contributed by atoms with van der Waals surface area (Å²) < 4.78 is 0. The first-order valence-electron chi connectivity index (χ1n) is 3.73. The molecule has 0 aliphatic rings. The SMILES string of the molecule is Cc1cccc(/C(N)=C/NN)c1. The second kappa shape index (κ2) is 3.78. The van der Waals surface area contributed by atoms with E-state index in [1.165, 1.54) is 5.56 Å². The molecule has 0 unspecified atom stereocenters. The van der Waals surface area contributed by atoms with Crippen molar-refractivity contribution in [2.75, 3.05) is 0 Å². The van der Waals surface area contributed by atoms with E-state index in [-0.39, 0.29) is 0 Å². The van der Waals surface area contributed by atoms with Crippen molar-refractivity contribution >= 4 is 5.70 Å². The minimum atomic E-state index is 0.640. The van der Waals surface area contributed by atoms with Crippen LogP contribution in [0.15, 0.2) is 30.5 Å². The molecule has 0 aliphatic carbocycles. The van der Waals surface area contributed by atoms with Crippen LogP contribution in [0.4, 0.5) is 0 Å². The van der Waals surface area contributed by atoms with Crippen LogP contribution in [0.1, 0.15) is 11.1 Å². The second-order valence-electron chi connectivity index (χ2n) is 2.64. The van der Waals surface area contributed by atoms with Crippen LogP contribution in [0.5, 0.6) is 0 Å². The number of aryl methyl sites for hydroxylation is 1. The lowest BCUT2D eigenvalue weighted by atomic mass is 10.1. The van der Waals surface area contributed by atoms with Crippen LogP contribution in [0.2, 0.25) is 0 Å². The topological polar surface area (TPSA) is 64.1 Å². The third-order valence-electron chi connectivity index (χ3n) is 1.59. The molecular formula is C9H13N3. The maximum atomic E-state index is 5.69. The van der Waals surface area contributed by atoms with Crippen LogP contribution in [0.3, 0.4) is 0 Å². The van der Waals surface area contributed by atoms with Gasteiger partial charge >= 0.3 is 0 Å². The summed E-state index contributed by atoms with van der Waals surface area (Å²) in [6, 6.07) is 7.92. The third-order valence-corrected chi connectivity index (χ3v) is 1.59. The van der Waals surface area contributed by atoms with Crippen LogP contribution < -0.4 is 17.0 Å². The van der Waals surface area contributed by atoms with Gasteiger partial charge in [0.2, 0.25) is 0 Å². The molecule has 64 valence electrons. The maximum Gasteiger partial charge on any atom is 0.0561 e. The van der Waals surface area contributed by atoms with E-state index in [1.807, 2.05) is 31.2 Å². The van der Waals surface area contributed by atoms with E-state index in [9.17, 15) is 0 Å². The predicted octanol–water partition coefficient (Wildman–Crippen LogP) is 0.715. The molecule has 0 fully saturated rings. The highest BCUT2D eigenvalue weighted by Crippen LogP contribution is 2.09. The van der Waals surface area contributed by atoms with Crippen molar-refractivity contribution in [1.29, 1.82) is 0 Å². The molecule has 0 radical (unpaired) electrons. The fourth-order valence-electron chi connectivity index (χ4n) is 0.998. The van der Waals surface area contributed by atoms with Crippen molar-refractivity contribution in [2.24, 2.45) is 11.6 Å². The largest absolute Gasteiger partial charge is 0.397 e. The van der Waals surface area contributed by atoms with E-state index in [0.29, 0.717) is 5.70 Å². The molecule has 0 amide bonds. The van der Waals surface area contributed by atoms with Gasteiger partial charge in [0.25, 0.3) is 0 Å². The molecule has 0 atom stereocenters. The number of rotatable bonds is 2. The Morgan fingerprint density at radius 3 is 2.83 bits per heavy atom. The Kier molecular flexibility index (Phi) is 2.71. The highest BCUT2D eigenvalue weighted by molar-refractivity contribution is 5.62. The summed E-state index contributed by atoms with van der Waals surface area (Å²) in [6.45, 7) is 2.02. The molecule has 0 saturated carbocycles. The second-order valence-corrected chi connectivity index (χ2v) is 2.64. The van der Waals surface area contributed by atoms with Gasteiger partial charge in [-0.05, 0) is 18.6 Å². The van der Waals surface area contributed by atoms with Crippen molar-refractivity contribution < 1.29 is 0 Å². The normalized spacial score (nSPS) is 11.3. The smallest absolute Gasteiger partial charge is 0.0561 e. The number of nitrogens with two attached hydrogens (primary N) is 2. The zero-order valence-electron chi connectivity index (χ0n) is 7.04. The summed E-state index contributed by atoms with van der Waals surface area (Å²) in [5, 5.41) is 0. The van der Waals surface area contributed by atoms with E-state index >= 15 is 0 Å². The predicted molar refractivity (Wildman–Crippen MR) is 50.7 cm³/mol. The quantitative estimate of drug-likeness (QED) is 0.444. The zero-order chi connectivity index (χ0) is 8.97. The summed E-state index contributed by atoms with van der Waals surface area (Å²) >= 11 is 0. The molecule has 3 heteroatoms. The van der Waals surface area contributed by atoms with E-state index in [0.717, 1.165) is 5.56 Å². The first-order chi connectivity index (χ1) is 5.74. The maximum absolute atomic E-state index is 5.69. The Morgan fingerprint density at radius 1 is 1.50 bits per heavy atom. The fraction of sp³-hybridized carbons (Fsp3) is 0.111. The van der Waals surface area contributed by atoms with Gasteiger partial charge in [-0.2, -0.15) is 0 Å². The molecule has 0 aromatic heterocycles. The summed E-state index contributed by atoms with van der Waals surface area (Å²) in [6.07, 6.45) is 1.56. The first-order valence-corrected chi connectivity index (χ1v) is 3.73. The molecule has 0 heterocycles. The van der Waals surface area contributed by atoms with E-state index in [4.69, 9.17) is 11.6 Å². The van der Waals surface area contributed by atoms with Gasteiger partial charge < -0.3 is 11.2 Å².